The third-order valence-corrected chi connectivity index (χ3v) is 3.68. The highest BCUT2D eigenvalue weighted by Crippen LogP contribution is 2.19. The third-order valence-electron chi connectivity index (χ3n) is 3.68. The lowest BCUT2D eigenvalue weighted by atomic mass is 10.1. The van der Waals surface area contributed by atoms with Crippen LogP contribution < -0.4 is 15.5 Å². The molecule has 6 nitrogen and oxygen atoms in total. The van der Waals surface area contributed by atoms with Crippen LogP contribution in [0.2, 0.25) is 0 Å². The molecule has 3 rings (SSSR count). The Labute approximate surface area is 134 Å². The van der Waals surface area contributed by atoms with Gasteiger partial charge in [-0.3, -0.25) is 14.7 Å². The number of carbonyl (C=O) groups excluding carboxylic acids is 2. The van der Waals surface area contributed by atoms with E-state index in [9.17, 15) is 9.59 Å². The van der Waals surface area contributed by atoms with Crippen molar-refractivity contribution in [2.24, 2.45) is 0 Å². The second kappa shape index (κ2) is 6.91. The number of hydrogen-bond acceptors (Lipinski definition) is 3. The fraction of sp³-hybridized carbons (Fsp3) is 0.235. The molecule has 1 aliphatic heterocycles. The zero-order valence-electron chi connectivity index (χ0n) is 12.7. The topological polar surface area (TPSA) is 74.3 Å². The van der Waals surface area contributed by atoms with Gasteiger partial charge in [0.1, 0.15) is 0 Å². The van der Waals surface area contributed by atoms with Gasteiger partial charge in [-0.1, -0.05) is 6.07 Å². The number of nitrogens with one attached hydrogen (secondary N) is 2. The van der Waals surface area contributed by atoms with Crippen LogP contribution in [0.25, 0.3) is 0 Å². The molecule has 1 aromatic carbocycles. The first-order chi connectivity index (χ1) is 11.2. The summed E-state index contributed by atoms with van der Waals surface area (Å²) in [5, 5.41) is 5.62. The van der Waals surface area contributed by atoms with E-state index in [1.807, 2.05) is 36.4 Å². The summed E-state index contributed by atoms with van der Waals surface area (Å²) in [6.07, 6.45) is 4.54. The minimum Gasteiger partial charge on any atom is -0.336 e. The van der Waals surface area contributed by atoms with Gasteiger partial charge in [-0.05, 0) is 42.3 Å². The fourth-order valence-corrected chi connectivity index (χ4v) is 2.47. The summed E-state index contributed by atoms with van der Waals surface area (Å²) in [7, 11) is 0. The van der Waals surface area contributed by atoms with E-state index in [-0.39, 0.29) is 11.9 Å². The molecular formula is C17H18N4O2. The van der Waals surface area contributed by atoms with E-state index in [2.05, 4.69) is 15.6 Å². The third kappa shape index (κ3) is 3.85. The molecule has 118 valence electrons. The molecule has 2 N–H and O–H groups in total. The lowest BCUT2D eigenvalue weighted by Gasteiger charge is -2.14. The first-order valence-electron chi connectivity index (χ1n) is 7.56. The van der Waals surface area contributed by atoms with Crippen molar-refractivity contribution < 1.29 is 9.59 Å². The lowest BCUT2D eigenvalue weighted by molar-refractivity contribution is -0.116. The van der Waals surface area contributed by atoms with Gasteiger partial charge in [-0.2, -0.15) is 0 Å². The van der Waals surface area contributed by atoms with E-state index >= 15 is 0 Å². The Balaban J connectivity index is 1.53. The quantitative estimate of drug-likeness (QED) is 0.889. The second-order valence-electron chi connectivity index (χ2n) is 5.34. The zero-order valence-corrected chi connectivity index (χ0v) is 12.7. The van der Waals surface area contributed by atoms with E-state index in [0.29, 0.717) is 25.9 Å². The van der Waals surface area contributed by atoms with Crippen molar-refractivity contribution in [2.45, 2.75) is 12.8 Å². The van der Waals surface area contributed by atoms with Crippen molar-refractivity contribution in [1.29, 1.82) is 0 Å². The minimum atomic E-state index is -0.0849. The molecule has 1 saturated heterocycles. The van der Waals surface area contributed by atoms with Crippen LogP contribution in [0.1, 0.15) is 12.0 Å². The molecule has 6 heteroatoms. The summed E-state index contributed by atoms with van der Waals surface area (Å²) >= 11 is 0. The Morgan fingerprint density at radius 1 is 1.26 bits per heavy atom. The molecule has 0 radical (unpaired) electrons. The standard InChI is InChI=1S/C17H18N4O2/c22-16(8-3-13-2-1-9-18-12-13)20-14-4-6-15(7-5-14)21-11-10-19-17(21)23/h1-2,4-7,9,12H,3,8,10-11H2,(H,19,23)(H,20,22). The molecule has 1 aromatic heterocycles. The maximum Gasteiger partial charge on any atom is 0.321 e. The molecule has 0 aliphatic carbocycles. The highest BCUT2D eigenvalue weighted by Gasteiger charge is 2.20. The number of anilines is 2. The van der Waals surface area contributed by atoms with Crippen LogP contribution >= 0.6 is 0 Å². The predicted molar refractivity (Wildman–Crippen MR) is 88.4 cm³/mol. The van der Waals surface area contributed by atoms with Crippen molar-refractivity contribution in [2.75, 3.05) is 23.3 Å². The van der Waals surface area contributed by atoms with Gasteiger partial charge in [0.15, 0.2) is 0 Å². The van der Waals surface area contributed by atoms with E-state index in [1.54, 1.807) is 17.3 Å². The van der Waals surface area contributed by atoms with Crippen LogP contribution in [0.5, 0.6) is 0 Å². The molecule has 0 bridgehead atoms. The highest BCUT2D eigenvalue weighted by molar-refractivity contribution is 5.95. The molecule has 0 unspecified atom stereocenters. The molecule has 1 aliphatic rings. The zero-order chi connectivity index (χ0) is 16.1. The second-order valence-corrected chi connectivity index (χ2v) is 5.34. The summed E-state index contributed by atoms with van der Waals surface area (Å²) in [6, 6.07) is 11.0. The molecule has 23 heavy (non-hydrogen) atoms. The van der Waals surface area contributed by atoms with E-state index in [0.717, 1.165) is 16.9 Å². The smallest absolute Gasteiger partial charge is 0.321 e. The average molecular weight is 310 g/mol. The number of hydrogen-bond donors (Lipinski definition) is 2. The van der Waals surface area contributed by atoms with Gasteiger partial charge in [0.05, 0.1) is 0 Å². The van der Waals surface area contributed by atoms with Crippen LogP contribution in [-0.4, -0.2) is 30.0 Å². The first kappa shape index (κ1) is 15.0. The summed E-state index contributed by atoms with van der Waals surface area (Å²) in [5.74, 6) is -0.0412. The summed E-state index contributed by atoms with van der Waals surface area (Å²) in [4.78, 5) is 29.3. The number of aryl methyl sites for hydroxylation is 1. The molecule has 2 heterocycles. The number of carbonyl (C=O) groups is 2. The van der Waals surface area contributed by atoms with Crippen molar-refractivity contribution in [1.82, 2.24) is 10.3 Å². The maximum absolute atomic E-state index is 12.0. The van der Waals surface area contributed by atoms with Gasteiger partial charge in [-0.25, -0.2) is 4.79 Å². The van der Waals surface area contributed by atoms with Crippen LogP contribution in [0.4, 0.5) is 16.2 Å². The normalized spacial score (nSPS) is 13.7. The van der Waals surface area contributed by atoms with Crippen LogP contribution in [-0.2, 0) is 11.2 Å². The molecular weight excluding hydrogens is 292 g/mol. The number of pyridine rings is 1. The van der Waals surface area contributed by atoms with Crippen molar-refractivity contribution in [3.63, 3.8) is 0 Å². The number of urea groups is 1. The number of rotatable bonds is 5. The van der Waals surface area contributed by atoms with Gasteiger partial charge < -0.3 is 10.6 Å². The Bertz CT molecular complexity index is 685. The Morgan fingerprint density at radius 2 is 2.09 bits per heavy atom. The van der Waals surface area contributed by atoms with Gasteiger partial charge in [-0.15, -0.1) is 0 Å². The molecule has 0 saturated carbocycles. The van der Waals surface area contributed by atoms with Crippen LogP contribution in [0.15, 0.2) is 48.8 Å². The monoisotopic (exact) mass is 310 g/mol. The lowest BCUT2D eigenvalue weighted by Crippen LogP contribution is -2.27. The molecule has 3 amide bonds. The van der Waals surface area contributed by atoms with Crippen molar-refractivity contribution in [3.05, 3.63) is 54.4 Å². The van der Waals surface area contributed by atoms with E-state index in [1.165, 1.54) is 0 Å². The van der Waals surface area contributed by atoms with Gasteiger partial charge in [0.25, 0.3) is 0 Å². The van der Waals surface area contributed by atoms with Crippen molar-refractivity contribution in [3.8, 4) is 0 Å². The molecule has 2 aromatic rings. The largest absolute Gasteiger partial charge is 0.336 e. The average Bonchev–Trinajstić information content (AvgIpc) is 3.01. The van der Waals surface area contributed by atoms with Gasteiger partial charge in [0, 0.05) is 43.3 Å². The van der Waals surface area contributed by atoms with Crippen LogP contribution in [0.3, 0.4) is 0 Å². The van der Waals surface area contributed by atoms with Crippen LogP contribution in [0, 0.1) is 0 Å². The van der Waals surface area contributed by atoms with E-state index < -0.39 is 0 Å². The van der Waals surface area contributed by atoms with Crippen molar-refractivity contribution >= 4 is 23.3 Å². The SMILES string of the molecule is O=C(CCc1cccnc1)Nc1ccc(N2CCNC2=O)cc1. The molecule has 0 atom stereocenters. The Morgan fingerprint density at radius 3 is 2.74 bits per heavy atom. The maximum atomic E-state index is 12.0. The first-order valence-corrected chi connectivity index (χ1v) is 7.56. The number of nitrogens with zero attached hydrogens (tertiary/aromatic N) is 2. The summed E-state index contributed by atoms with van der Waals surface area (Å²) in [6.45, 7) is 1.32. The van der Waals surface area contributed by atoms with Gasteiger partial charge in [0.2, 0.25) is 5.91 Å². The van der Waals surface area contributed by atoms with Gasteiger partial charge >= 0.3 is 6.03 Å². The molecule has 0 spiro atoms. The molecule has 1 fully saturated rings. The number of benzene rings is 1. The predicted octanol–water partition coefficient (Wildman–Crippen LogP) is 2.18. The summed E-state index contributed by atoms with van der Waals surface area (Å²) in [5.41, 5.74) is 2.59. The summed E-state index contributed by atoms with van der Waals surface area (Å²) < 4.78 is 0. The highest BCUT2D eigenvalue weighted by atomic mass is 16.2. The number of amides is 3. The Hall–Kier alpha value is -2.89. The minimum absolute atomic E-state index is 0.0412. The fourth-order valence-electron chi connectivity index (χ4n) is 2.47. The Kier molecular flexibility index (Phi) is 4.52. The number of aromatic nitrogens is 1. The van der Waals surface area contributed by atoms with E-state index in [4.69, 9.17) is 0 Å².